The van der Waals surface area contributed by atoms with Crippen LogP contribution in [0.2, 0.25) is 0 Å². The lowest BCUT2D eigenvalue weighted by atomic mass is 10.2. The number of amides is 2. The normalized spacial score (nSPS) is 18.0. The van der Waals surface area contributed by atoms with Crippen LogP contribution in [0.4, 0.5) is 10.1 Å². The van der Waals surface area contributed by atoms with Gasteiger partial charge in [0.1, 0.15) is 12.4 Å². The van der Waals surface area contributed by atoms with Crippen molar-refractivity contribution in [1.29, 1.82) is 0 Å². The number of imide groups is 1. The topological polar surface area (TPSA) is 54.0 Å². The largest absolute Gasteiger partial charge is 0.332 e. The lowest BCUT2D eigenvalue weighted by Crippen LogP contribution is -2.90. The molecule has 0 saturated carbocycles. The number of nitrogens with zero attached hydrogens (tertiary/aromatic N) is 1. The van der Waals surface area contributed by atoms with Gasteiger partial charge in [-0.15, -0.1) is 0 Å². The van der Waals surface area contributed by atoms with Crippen LogP contribution in [0, 0.1) is 5.82 Å². The predicted molar refractivity (Wildman–Crippen MR) is 79.4 cm³/mol. The number of carbonyl (C=O) groups excluding carboxylic acids is 2. The minimum atomic E-state index is -0.419. The van der Waals surface area contributed by atoms with Crippen LogP contribution in [-0.2, 0) is 16.1 Å². The third kappa shape index (κ3) is 2.89. The van der Waals surface area contributed by atoms with Crippen LogP contribution in [0.25, 0.3) is 0 Å². The molecule has 0 aromatic heterocycles. The molecule has 0 bridgehead atoms. The summed E-state index contributed by atoms with van der Waals surface area (Å²) in [5.74, 6) is -0.666. The number of hydrogen-bond donors (Lipinski definition) is 1. The molecule has 1 saturated heterocycles. The van der Waals surface area contributed by atoms with Crippen molar-refractivity contribution in [3.63, 3.8) is 0 Å². The van der Waals surface area contributed by atoms with E-state index in [2.05, 4.69) is 0 Å². The molecule has 4 nitrogen and oxygen atoms in total. The minimum Gasteiger partial charge on any atom is -0.332 e. The Morgan fingerprint density at radius 1 is 1.05 bits per heavy atom. The molecule has 1 atom stereocenters. The molecule has 1 fully saturated rings. The fourth-order valence-electron chi connectivity index (χ4n) is 2.59. The van der Waals surface area contributed by atoms with E-state index in [0.717, 1.165) is 5.56 Å². The van der Waals surface area contributed by atoms with Crippen molar-refractivity contribution in [2.45, 2.75) is 19.0 Å². The quantitative estimate of drug-likeness (QED) is 0.863. The van der Waals surface area contributed by atoms with E-state index in [1.54, 1.807) is 36.4 Å². The second-order valence-electron chi connectivity index (χ2n) is 5.28. The van der Waals surface area contributed by atoms with Crippen molar-refractivity contribution in [2.75, 3.05) is 4.90 Å². The Balaban J connectivity index is 1.68. The van der Waals surface area contributed by atoms with E-state index in [-0.39, 0.29) is 24.1 Å². The van der Waals surface area contributed by atoms with Gasteiger partial charge >= 0.3 is 0 Å². The molecule has 1 aliphatic rings. The third-order valence-electron chi connectivity index (χ3n) is 3.75. The molecule has 1 heterocycles. The van der Waals surface area contributed by atoms with E-state index >= 15 is 0 Å². The molecule has 0 unspecified atom stereocenters. The van der Waals surface area contributed by atoms with Gasteiger partial charge in [0.2, 0.25) is 5.91 Å². The number of anilines is 1. The SMILES string of the molecule is O=C1C[C@H]([NH2+]Cc2ccc(F)cc2)C(=O)N1c1ccccc1. The smallest absolute Gasteiger partial charge is 0.292 e. The molecule has 3 rings (SSSR count). The molecule has 0 radical (unpaired) electrons. The second-order valence-corrected chi connectivity index (χ2v) is 5.28. The lowest BCUT2D eigenvalue weighted by Gasteiger charge is -2.13. The fourth-order valence-corrected chi connectivity index (χ4v) is 2.59. The molecule has 2 N–H and O–H groups in total. The highest BCUT2D eigenvalue weighted by Gasteiger charge is 2.41. The van der Waals surface area contributed by atoms with E-state index in [4.69, 9.17) is 0 Å². The number of hydrogen-bond acceptors (Lipinski definition) is 2. The summed E-state index contributed by atoms with van der Waals surface area (Å²) in [7, 11) is 0. The van der Waals surface area contributed by atoms with Crippen LogP contribution in [0.5, 0.6) is 0 Å². The van der Waals surface area contributed by atoms with Gasteiger partial charge in [0.25, 0.3) is 5.91 Å². The summed E-state index contributed by atoms with van der Waals surface area (Å²) in [6, 6.07) is 14.7. The zero-order chi connectivity index (χ0) is 15.5. The molecule has 5 heteroatoms. The molecule has 2 aromatic rings. The zero-order valence-corrected chi connectivity index (χ0v) is 11.9. The van der Waals surface area contributed by atoms with Gasteiger partial charge in [0, 0.05) is 5.56 Å². The van der Waals surface area contributed by atoms with Crippen molar-refractivity contribution >= 4 is 17.5 Å². The van der Waals surface area contributed by atoms with Gasteiger partial charge in [-0.25, -0.2) is 9.29 Å². The maximum absolute atomic E-state index is 12.9. The number of nitrogens with two attached hydrogens (primary N) is 1. The highest BCUT2D eigenvalue weighted by atomic mass is 19.1. The van der Waals surface area contributed by atoms with Gasteiger partial charge in [0.05, 0.1) is 12.1 Å². The molecule has 0 aliphatic carbocycles. The summed E-state index contributed by atoms with van der Waals surface area (Å²) in [5, 5.41) is 1.83. The Bertz CT molecular complexity index is 686. The molecule has 2 aromatic carbocycles. The Morgan fingerprint density at radius 3 is 2.41 bits per heavy atom. The number of rotatable bonds is 4. The van der Waals surface area contributed by atoms with Crippen LogP contribution in [0.3, 0.4) is 0 Å². The van der Waals surface area contributed by atoms with E-state index < -0.39 is 6.04 Å². The van der Waals surface area contributed by atoms with Crippen molar-refractivity contribution in [1.82, 2.24) is 0 Å². The number of benzene rings is 2. The third-order valence-corrected chi connectivity index (χ3v) is 3.75. The Labute approximate surface area is 127 Å². The molecule has 0 spiro atoms. The van der Waals surface area contributed by atoms with E-state index in [1.807, 2.05) is 11.4 Å². The molecule has 1 aliphatic heterocycles. The number of quaternary nitrogens is 1. The summed E-state index contributed by atoms with van der Waals surface area (Å²) in [6.07, 6.45) is 0.189. The number of halogens is 1. The average molecular weight is 299 g/mol. The van der Waals surface area contributed by atoms with Crippen LogP contribution < -0.4 is 10.2 Å². The first kappa shape index (κ1) is 14.4. The van der Waals surface area contributed by atoms with Gasteiger partial charge in [0.15, 0.2) is 6.04 Å². The van der Waals surface area contributed by atoms with Gasteiger partial charge in [-0.1, -0.05) is 30.3 Å². The van der Waals surface area contributed by atoms with Crippen LogP contribution in [0.1, 0.15) is 12.0 Å². The van der Waals surface area contributed by atoms with E-state index in [1.165, 1.54) is 17.0 Å². The van der Waals surface area contributed by atoms with E-state index in [0.29, 0.717) is 12.2 Å². The first-order chi connectivity index (χ1) is 10.6. The van der Waals surface area contributed by atoms with Crippen molar-refractivity contribution < 1.29 is 19.3 Å². The molecular formula is C17H16FN2O2+. The van der Waals surface area contributed by atoms with Gasteiger partial charge in [-0.2, -0.15) is 0 Å². The highest BCUT2D eigenvalue weighted by molar-refractivity contribution is 6.21. The van der Waals surface area contributed by atoms with Crippen molar-refractivity contribution in [3.05, 3.63) is 66.0 Å². The Hall–Kier alpha value is -2.53. The van der Waals surface area contributed by atoms with Crippen LogP contribution in [0.15, 0.2) is 54.6 Å². The molecule has 112 valence electrons. The summed E-state index contributed by atoms with van der Waals surface area (Å²) in [4.78, 5) is 25.7. The van der Waals surface area contributed by atoms with Crippen LogP contribution in [-0.4, -0.2) is 17.9 Å². The summed E-state index contributed by atoms with van der Waals surface area (Å²) in [6.45, 7) is 0.534. The number of carbonyl (C=O) groups is 2. The van der Waals surface area contributed by atoms with Gasteiger partial charge in [-0.3, -0.25) is 9.59 Å². The molecule has 22 heavy (non-hydrogen) atoms. The highest BCUT2D eigenvalue weighted by Crippen LogP contribution is 2.20. The van der Waals surface area contributed by atoms with E-state index in [9.17, 15) is 14.0 Å². The molecule has 2 amide bonds. The Morgan fingerprint density at radius 2 is 1.73 bits per heavy atom. The van der Waals surface area contributed by atoms with Crippen molar-refractivity contribution in [3.8, 4) is 0 Å². The molecular weight excluding hydrogens is 283 g/mol. The maximum atomic E-state index is 12.9. The second kappa shape index (κ2) is 6.07. The van der Waals surface area contributed by atoms with Gasteiger partial charge in [-0.05, 0) is 24.3 Å². The fraction of sp³-hybridized carbons (Fsp3) is 0.176. The maximum Gasteiger partial charge on any atom is 0.292 e. The zero-order valence-electron chi connectivity index (χ0n) is 11.9. The summed E-state index contributed by atoms with van der Waals surface area (Å²) in [5.41, 5.74) is 1.52. The average Bonchev–Trinajstić information content (AvgIpc) is 2.82. The monoisotopic (exact) mass is 299 g/mol. The summed E-state index contributed by atoms with van der Waals surface area (Å²) >= 11 is 0. The summed E-state index contributed by atoms with van der Waals surface area (Å²) < 4.78 is 12.9. The first-order valence-corrected chi connectivity index (χ1v) is 7.15. The lowest BCUT2D eigenvalue weighted by molar-refractivity contribution is -0.690. The van der Waals surface area contributed by atoms with Gasteiger partial charge < -0.3 is 5.32 Å². The predicted octanol–water partition coefficient (Wildman–Crippen LogP) is 1.22. The first-order valence-electron chi connectivity index (χ1n) is 7.15. The standard InChI is InChI=1S/C17H15FN2O2/c18-13-8-6-12(7-9-13)11-19-15-10-16(21)20(17(15)22)14-4-2-1-3-5-14/h1-9,15,19H,10-11H2/p+1/t15-/m0/s1. The number of para-hydroxylation sites is 1. The Kier molecular flexibility index (Phi) is 3.98. The minimum absolute atomic E-state index is 0.184. The van der Waals surface area contributed by atoms with Crippen LogP contribution >= 0.6 is 0 Å². The van der Waals surface area contributed by atoms with Crippen molar-refractivity contribution in [2.24, 2.45) is 0 Å².